The highest BCUT2D eigenvalue weighted by Gasteiger charge is 2.37. The van der Waals surface area contributed by atoms with Gasteiger partial charge < -0.3 is 4.42 Å². The Morgan fingerprint density at radius 2 is 1.95 bits per heavy atom. The number of benzene rings is 1. The van der Waals surface area contributed by atoms with Crippen LogP contribution in [0.5, 0.6) is 0 Å². The average Bonchev–Trinajstić information content (AvgIpc) is 2.82. The molecule has 3 heteroatoms. The largest absolute Gasteiger partial charge is 0.459 e. The fourth-order valence-corrected chi connectivity index (χ4v) is 3.60. The van der Waals surface area contributed by atoms with Gasteiger partial charge in [-0.05, 0) is 43.4 Å². The van der Waals surface area contributed by atoms with Crippen molar-refractivity contribution in [3.8, 4) is 0 Å². The first-order valence-electron chi connectivity index (χ1n) is 7.59. The number of nitrogens with one attached hydrogen (secondary N) is 1. The van der Waals surface area contributed by atoms with Gasteiger partial charge in [0.2, 0.25) is 0 Å². The van der Waals surface area contributed by atoms with Crippen molar-refractivity contribution >= 4 is 11.0 Å². The molecule has 0 aliphatic heterocycles. The molecule has 3 rings (SSSR count). The van der Waals surface area contributed by atoms with Crippen molar-refractivity contribution in [1.29, 1.82) is 0 Å². The normalized spacial score (nSPS) is 20.1. The number of rotatable bonds is 3. The summed E-state index contributed by atoms with van der Waals surface area (Å²) in [6.45, 7) is 4.43. The van der Waals surface area contributed by atoms with Gasteiger partial charge in [0.1, 0.15) is 11.3 Å². The minimum Gasteiger partial charge on any atom is -0.459 e. The second-order valence-corrected chi connectivity index (χ2v) is 6.50. The van der Waals surface area contributed by atoms with Crippen LogP contribution in [0.15, 0.2) is 28.7 Å². The van der Waals surface area contributed by atoms with E-state index in [-0.39, 0.29) is 11.5 Å². The molecule has 1 aliphatic carbocycles. The fraction of sp³-hybridized carbons (Fsp3) is 0.529. The number of hydrazine groups is 1. The van der Waals surface area contributed by atoms with Crippen molar-refractivity contribution in [3.63, 3.8) is 0 Å². The molecule has 0 spiro atoms. The van der Waals surface area contributed by atoms with E-state index in [4.69, 9.17) is 10.3 Å². The standard InChI is InChI=1S/C17H24N2O/c1-12-6-7-14-13(10-12)11-15(20-14)16(19-18)17(2)8-4-3-5-9-17/h6-7,10-11,16,19H,3-5,8-9,18H2,1-2H3. The summed E-state index contributed by atoms with van der Waals surface area (Å²) in [5.74, 6) is 6.83. The molecule has 0 radical (unpaired) electrons. The molecule has 3 N–H and O–H groups in total. The van der Waals surface area contributed by atoms with Crippen LogP contribution in [0.4, 0.5) is 0 Å². The van der Waals surface area contributed by atoms with Crippen LogP contribution in [0.25, 0.3) is 11.0 Å². The lowest BCUT2D eigenvalue weighted by molar-refractivity contribution is 0.130. The maximum Gasteiger partial charge on any atom is 0.134 e. The van der Waals surface area contributed by atoms with Crippen molar-refractivity contribution < 1.29 is 4.42 Å². The number of hydrogen-bond acceptors (Lipinski definition) is 3. The average molecular weight is 272 g/mol. The molecule has 1 unspecified atom stereocenters. The maximum absolute atomic E-state index is 6.05. The molecule has 0 amide bonds. The predicted octanol–water partition coefficient (Wildman–Crippen LogP) is 4.22. The molecule has 1 aromatic carbocycles. The van der Waals surface area contributed by atoms with Gasteiger partial charge in [-0.25, -0.2) is 5.43 Å². The van der Waals surface area contributed by atoms with Crippen LogP contribution in [-0.4, -0.2) is 0 Å². The third-order valence-electron chi connectivity index (χ3n) is 4.83. The topological polar surface area (TPSA) is 51.2 Å². The highest BCUT2D eigenvalue weighted by molar-refractivity contribution is 5.78. The van der Waals surface area contributed by atoms with E-state index < -0.39 is 0 Å². The second kappa shape index (κ2) is 5.23. The van der Waals surface area contributed by atoms with Crippen LogP contribution in [0.2, 0.25) is 0 Å². The first kappa shape index (κ1) is 13.7. The Kier molecular flexibility index (Phi) is 3.57. The molecule has 1 atom stereocenters. The summed E-state index contributed by atoms with van der Waals surface area (Å²) < 4.78 is 6.05. The van der Waals surface area contributed by atoms with E-state index in [1.54, 1.807) is 0 Å². The van der Waals surface area contributed by atoms with Gasteiger partial charge in [0.05, 0.1) is 6.04 Å². The van der Waals surface area contributed by atoms with Crippen molar-refractivity contribution in [3.05, 3.63) is 35.6 Å². The smallest absolute Gasteiger partial charge is 0.134 e. The summed E-state index contributed by atoms with van der Waals surface area (Å²) in [7, 11) is 0. The highest BCUT2D eigenvalue weighted by atomic mass is 16.3. The summed E-state index contributed by atoms with van der Waals surface area (Å²) in [4.78, 5) is 0. The molecular weight excluding hydrogens is 248 g/mol. The monoisotopic (exact) mass is 272 g/mol. The van der Waals surface area contributed by atoms with Gasteiger partial charge in [-0.1, -0.05) is 37.8 Å². The van der Waals surface area contributed by atoms with Crippen LogP contribution < -0.4 is 11.3 Å². The minimum absolute atomic E-state index is 0.0931. The van der Waals surface area contributed by atoms with E-state index in [0.29, 0.717) is 0 Å². The molecule has 0 saturated heterocycles. The van der Waals surface area contributed by atoms with E-state index in [1.807, 2.05) is 6.07 Å². The van der Waals surface area contributed by atoms with Crippen LogP contribution in [0, 0.1) is 12.3 Å². The lowest BCUT2D eigenvalue weighted by atomic mass is 9.70. The summed E-state index contributed by atoms with van der Waals surface area (Å²) in [6.07, 6.45) is 6.32. The number of fused-ring (bicyclic) bond motifs is 1. The molecule has 1 aliphatic rings. The van der Waals surface area contributed by atoms with Gasteiger partial charge >= 0.3 is 0 Å². The van der Waals surface area contributed by atoms with Gasteiger partial charge in [0.15, 0.2) is 0 Å². The van der Waals surface area contributed by atoms with E-state index in [2.05, 4.69) is 37.5 Å². The Bertz CT molecular complexity index is 596. The molecule has 108 valence electrons. The first-order valence-corrected chi connectivity index (χ1v) is 7.59. The molecular formula is C17H24N2O. The van der Waals surface area contributed by atoms with Crippen LogP contribution in [0.3, 0.4) is 0 Å². The summed E-state index contributed by atoms with van der Waals surface area (Å²) in [6, 6.07) is 8.54. The Labute approximate surface area is 120 Å². The van der Waals surface area contributed by atoms with E-state index >= 15 is 0 Å². The number of aryl methyl sites for hydroxylation is 1. The van der Waals surface area contributed by atoms with E-state index in [0.717, 1.165) is 11.3 Å². The van der Waals surface area contributed by atoms with Gasteiger partial charge in [-0.15, -0.1) is 0 Å². The molecule has 1 heterocycles. The summed E-state index contributed by atoms with van der Waals surface area (Å²) in [5.41, 5.74) is 5.41. The number of furan rings is 1. The third kappa shape index (κ3) is 2.36. The number of nitrogens with two attached hydrogens (primary N) is 1. The lowest BCUT2D eigenvalue weighted by Crippen LogP contribution is -2.40. The van der Waals surface area contributed by atoms with Crippen molar-refractivity contribution in [2.24, 2.45) is 11.3 Å². The summed E-state index contributed by atoms with van der Waals surface area (Å²) in [5, 5.41) is 1.17. The van der Waals surface area contributed by atoms with Crippen molar-refractivity contribution in [2.45, 2.75) is 52.0 Å². The second-order valence-electron chi connectivity index (χ2n) is 6.50. The maximum atomic E-state index is 6.05. The highest BCUT2D eigenvalue weighted by Crippen LogP contribution is 2.46. The zero-order valence-corrected chi connectivity index (χ0v) is 12.4. The SMILES string of the molecule is Cc1ccc2oc(C(NN)C3(C)CCCCC3)cc2c1. The first-order chi connectivity index (χ1) is 9.62. The molecule has 1 saturated carbocycles. The molecule has 20 heavy (non-hydrogen) atoms. The Morgan fingerprint density at radius 3 is 2.65 bits per heavy atom. The Morgan fingerprint density at radius 1 is 1.20 bits per heavy atom. The van der Waals surface area contributed by atoms with E-state index in [9.17, 15) is 0 Å². The zero-order chi connectivity index (χ0) is 14.2. The fourth-order valence-electron chi connectivity index (χ4n) is 3.60. The lowest BCUT2D eigenvalue weighted by Gasteiger charge is -2.39. The molecule has 1 aromatic heterocycles. The molecule has 1 fully saturated rings. The Hall–Kier alpha value is -1.32. The van der Waals surface area contributed by atoms with Gasteiger partial charge in [-0.3, -0.25) is 5.84 Å². The quantitative estimate of drug-likeness (QED) is 0.650. The van der Waals surface area contributed by atoms with Gasteiger partial charge in [0, 0.05) is 5.39 Å². The third-order valence-corrected chi connectivity index (χ3v) is 4.83. The molecule has 3 nitrogen and oxygen atoms in total. The van der Waals surface area contributed by atoms with Gasteiger partial charge in [0.25, 0.3) is 0 Å². The summed E-state index contributed by atoms with van der Waals surface area (Å²) >= 11 is 0. The van der Waals surface area contributed by atoms with Crippen LogP contribution in [-0.2, 0) is 0 Å². The zero-order valence-electron chi connectivity index (χ0n) is 12.4. The van der Waals surface area contributed by atoms with E-state index in [1.165, 1.54) is 43.1 Å². The van der Waals surface area contributed by atoms with Crippen LogP contribution in [0.1, 0.15) is 56.4 Å². The Balaban J connectivity index is 1.98. The van der Waals surface area contributed by atoms with Crippen LogP contribution >= 0.6 is 0 Å². The van der Waals surface area contributed by atoms with Crippen molar-refractivity contribution in [1.82, 2.24) is 5.43 Å². The molecule has 0 bridgehead atoms. The minimum atomic E-state index is 0.0931. The van der Waals surface area contributed by atoms with Crippen molar-refractivity contribution in [2.75, 3.05) is 0 Å². The molecule has 2 aromatic rings. The van der Waals surface area contributed by atoms with Gasteiger partial charge in [-0.2, -0.15) is 0 Å². The predicted molar refractivity (Wildman–Crippen MR) is 82.2 cm³/mol. The number of hydrogen-bond donors (Lipinski definition) is 2.